The number of amides is 1. The molecule has 150 valence electrons. The lowest BCUT2D eigenvalue weighted by molar-refractivity contribution is -0.385. The minimum atomic E-state index is -0.677. The van der Waals surface area contributed by atoms with Gasteiger partial charge < -0.3 is 11.1 Å². The second kappa shape index (κ2) is 9.46. The van der Waals surface area contributed by atoms with E-state index in [2.05, 4.69) is 57.3 Å². The summed E-state index contributed by atoms with van der Waals surface area (Å²) >= 11 is 0. The Morgan fingerprint density at radius 2 is 1.75 bits per heavy atom. The van der Waals surface area contributed by atoms with Gasteiger partial charge in [-0.2, -0.15) is 0 Å². The van der Waals surface area contributed by atoms with Crippen LogP contribution >= 0.6 is 0 Å². The van der Waals surface area contributed by atoms with Crippen molar-refractivity contribution in [1.82, 2.24) is 5.32 Å². The van der Waals surface area contributed by atoms with E-state index in [1.807, 2.05) is 0 Å². The van der Waals surface area contributed by atoms with Gasteiger partial charge in [-0.25, -0.2) is 0 Å². The Bertz CT molecular complexity index is 829. The number of nitro benzene ring substituents is 1. The van der Waals surface area contributed by atoms with Crippen molar-refractivity contribution in [3.8, 4) is 0 Å². The Morgan fingerprint density at radius 1 is 1.11 bits per heavy atom. The SMILES string of the molecule is CC(C)Cc1ccc(C(NCc2ccc(C(N)=O)cc2[N+](=O)[O-])C(C)C)cc1. The molecule has 6 nitrogen and oxygen atoms in total. The Kier molecular flexibility index (Phi) is 7.29. The van der Waals surface area contributed by atoms with Gasteiger partial charge in [0.2, 0.25) is 5.91 Å². The van der Waals surface area contributed by atoms with E-state index in [4.69, 9.17) is 5.73 Å². The summed E-state index contributed by atoms with van der Waals surface area (Å²) in [6.07, 6.45) is 1.04. The van der Waals surface area contributed by atoms with E-state index >= 15 is 0 Å². The summed E-state index contributed by atoms with van der Waals surface area (Å²) in [6.45, 7) is 8.95. The standard InChI is InChI=1S/C22H29N3O3/c1-14(2)11-16-5-7-17(8-6-16)21(15(3)4)24-13-19-10-9-18(22(23)26)12-20(19)25(27)28/h5-10,12,14-15,21,24H,11,13H2,1-4H3,(H2,23,26). The molecule has 0 saturated carbocycles. The van der Waals surface area contributed by atoms with Crippen molar-refractivity contribution in [3.05, 3.63) is 74.8 Å². The fourth-order valence-electron chi connectivity index (χ4n) is 3.33. The molecule has 2 aromatic rings. The summed E-state index contributed by atoms with van der Waals surface area (Å²) in [5.41, 5.74) is 8.25. The normalized spacial score (nSPS) is 12.4. The largest absolute Gasteiger partial charge is 0.366 e. The third-order valence-corrected chi connectivity index (χ3v) is 4.73. The smallest absolute Gasteiger partial charge is 0.274 e. The number of nitrogens with two attached hydrogens (primary N) is 1. The Hall–Kier alpha value is -2.73. The predicted molar refractivity (Wildman–Crippen MR) is 111 cm³/mol. The van der Waals surface area contributed by atoms with Crippen LogP contribution in [0.3, 0.4) is 0 Å². The van der Waals surface area contributed by atoms with Gasteiger partial charge in [0.05, 0.1) is 4.92 Å². The highest BCUT2D eigenvalue weighted by Gasteiger charge is 2.20. The highest BCUT2D eigenvalue weighted by molar-refractivity contribution is 5.93. The van der Waals surface area contributed by atoms with Gasteiger partial charge in [-0.1, -0.05) is 58.0 Å². The second-order valence-electron chi connectivity index (χ2n) is 7.91. The van der Waals surface area contributed by atoms with Crippen LogP contribution in [0.5, 0.6) is 0 Å². The van der Waals surface area contributed by atoms with Crippen LogP contribution in [0.4, 0.5) is 5.69 Å². The molecular formula is C22H29N3O3. The number of nitrogens with zero attached hydrogens (tertiary/aromatic N) is 1. The molecule has 3 N–H and O–H groups in total. The van der Waals surface area contributed by atoms with Crippen molar-refractivity contribution in [1.29, 1.82) is 0 Å². The number of nitro groups is 1. The molecule has 0 aliphatic carbocycles. The van der Waals surface area contributed by atoms with E-state index in [9.17, 15) is 14.9 Å². The van der Waals surface area contributed by atoms with E-state index in [0.29, 0.717) is 23.9 Å². The van der Waals surface area contributed by atoms with Gasteiger partial charge in [-0.05, 0) is 35.4 Å². The van der Waals surface area contributed by atoms with Crippen LogP contribution in [0.2, 0.25) is 0 Å². The number of rotatable bonds is 9. The fraction of sp³-hybridized carbons (Fsp3) is 0.409. The minimum Gasteiger partial charge on any atom is -0.366 e. The van der Waals surface area contributed by atoms with Crippen LogP contribution in [-0.4, -0.2) is 10.8 Å². The molecule has 1 atom stereocenters. The van der Waals surface area contributed by atoms with Gasteiger partial charge in [-0.3, -0.25) is 14.9 Å². The van der Waals surface area contributed by atoms with Gasteiger partial charge in [0, 0.05) is 29.8 Å². The molecule has 0 aromatic heterocycles. The lowest BCUT2D eigenvalue weighted by Gasteiger charge is -2.23. The molecule has 1 amide bonds. The maximum atomic E-state index is 11.4. The summed E-state index contributed by atoms with van der Waals surface area (Å²) in [5.74, 6) is 0.234. The van der Waals surface area contributed by atoms with Gasteiger partial charge >= 0.3 is 0 Å². The molecule has 0 heterocycles. The van der Waals surface area contributed by atoms with Crippen LogP contribution < -0.4 is 11.1 Å². The van der Waals surface area contributed by atoms with E-state index in [1.165, 1.54) is 17.7 Å². The summed E-state index contributed by atoms with van der Waals surface area (Å²) in [7, 11) is 0. The quantitative estimate of drug-likeness (QED) is 0.496. The Balaban J connectivity index is 2.20. The van der Waals surface area contributed by atoms with Crippen molar-refractivity contribution in [2.24, 2.45) is 17.6 Å². The van der Waals surface area contributed by atoms with Crippen molar-refractivity contribution >= 4 is 11.6 Å². The molecule has 2 aromatic carbocycles. The molecular weight excluding hydrogens is 354 g/mol. The summed E-state index contributed by atoms with van der Waals surface area (Å²) in [4.78, 5) is 22.2. The monoisotopic (exact) mass is 383 g/mol. The molecule has 6 heteroatoms. The average Bonchev–Trinajstić information content (AvgIpc) is 2.62. The number of carbonyl (C=O) groups is 1. The van der Waals surface area contributed by atoms with Gasteiger partial charge in [0.15, 0.2) is 0 Å². The molecule has 28 heavy (non-hydrogen) atoms. The number of primary amides is 1. The van der Waals surface area contributed by atoms with E-state index in [0.717, 1.165) is 12.0 Å². The molecule has 0 saturated heterocycles. The molecule has 0 aliphatic rings. The van der Waals surface area contributed by atoms with Crippen molar-refractivity contribution in [2.45, 2.75) is 46.7 Å². The Labute approximate surface area is 166 Å². The topological polar surface area (TPSA) is 98.3 Å². The van der Waals surface area contributed by atoms with Crippen LogP contribution in [0.25, 0.3) is 0 Å². The molecule has 0 spiro atoms. The first-order valence-electron chi connectivity index (χ1n) is 9.58. The van der Waals surface area contributed by atoms with Crippen LogP contribution in [0.15, 0.2) is 42.5 Å². The van der Waals surface area contributed by atoms with Gasteiger partial charge in [0.1, 0.15) is 0 Å². The molecule has 1 unspecified atom stereocenters. The summed E-state index contributed by atoms with van der Waals surface area (Å²) in [6, 6.07) is 13.0. The molecule has 0 bridgehead atoms. The minimum absolute atomic E-state index is 0.0588. The number of benzene rings is 2. The van der Waals surface area contributed by atoms with E-state index in [-0.39, 0.29) is 17.3 Å². The van der Waals surface area contributed by atoms with E-state index in [1.54, 1.807) is 6.07 Å². The van der Waals surface area contributed by atoms with Crippen molar-refractivity contribution in [3.63, 3.8) is 0 Å². The first kappa shape index (κ1) is 21.6. The molecule has 2 rings (SSSR count). The third-order valence-electron chi connectivity index (χ3n) is 4.73. The fourth-order valence-corrected chi connectivity index (χ4v) is 3.33. The van der Waals surface area contributed by atoms with Crippen molar-refractivity contribution < 1.29 is 9.72 Å². The number of hydrogen-bond acceptors (Lipinski definition) is 4. The first-order chi connectivity index (χ1) is 13.2. The Morgan fingerprint density at radius 3 is 2.25 bits per heavy atom. The summed E-state index contributed by atoms with van der Waals surface area (Å²) < 4.78 is 0. The highest BCUT2D eigenvalue weighted by Crippen LogP contribution is 2.26. The zero-order valence-electron chi connectivity index (χ0n) is 16.9. The van der Waals surface area contributed by atoms with Gasteiger partial charge in [-0.15, -0.1) is 0 Å². The van der Waals surface area contributed by atoms with Crippen LogP contribution in [-0.2, 0) is 13.0 Å². The zero-order valence-corrected chi connectivity index (χ0v) is 16.9. The maximum Gasteiger partial charge on any atom is 0.274 e. The molecule has 0 radical (unpaired) electrons. The first-order valence-corrected chi connectivity index (χ1v) is 9.58. The third kappa shape index (κ3) is 5.63. The highest BCUT2D eigenvalue weighted by atomic mass is 16.6. The maximum absolute atomic E-state index is 11.4. The molecule has 0 fully saturated rings. The number of hydrogen-bond donors (Lipinski definition) is 2. The predicted octanol–water partition coefficient (Wildman–Crippen LogP) is 4.38. The van der Waals surface area contributed by atoms with Crippen molar-refractivity contribution in [2.75, 3.05) is 0 Å². The zero-order chi connectivity index (χ0) is 20.8. The average molecular weight is 383 g/mol. The summed E-state index contributed by atoms with van der Waals surface area (Å²) in [5, 5.41) is 14.8. The lowest BCUT2D eigenvalue weighted by atomic mass is 9.93. The van der Waals surface area contributed by atoms with E-state index < -0.39 is 10.8 Å². The van der Waals surface area contributed by atoms with Gasteiger partial charge in [0.25, 0.3) is 5.69 Å². The van der Waals surface area contributed by atoms with Crippen LogP contribution in [0.1, 0.15) is 60.8 Å². The lowest BCUT2D eigenvalue weighted by Crippen LogP contribution is -2.26. The molecule has 0 aliphatic heterocycles. The second-order valence-corrected chi connectivity index (χ2v) is 7.91. The number of nitrogens with one attached hydrogen (secondary N) is 1. The van der Waals surface area contributed by atoms with Crippen LogP contribution in [0, 0.1) is 22.0 Å². The number of carbonyl (C=O) groups excluding carboxylic acids is 1.